The number of carbonyl (C=O) groups excluding carboxylic acids is 1. The Kier molecular flexibility index (Phi) is 10.5. The molecule has 2 aliphatic rings. The lowest BCUT2D eigenvalue weighted by molar-refractivity contribution is -0.392. The molecular formula is C33H31F9N2O5S. The molecule has 3 aromatic rings. The first-order chi connectivity index (χ1) is 23.4. The molecule has 0 unspecified atom stereocenters. The second-order valence-corrected chi connectivity index (χ2v) is 14.3. The van der Waals surface area contributed by atoms with Gasteiger partial charge in [-0.05, 0) is 67.6 Å². The van der Waals surface area contributed by atoms with E-state index in [9.17, 15) is 52.7 Å². The van der Waals surface area contributed by atoms with Crippen molar-refractivity contribution >= 4 is 15.9 Å². The zero-order valence-corrected chi connectivity index (χ0v) is 26.9. The van der Waals surface area contributed by atoms with Crippen LogP contribution in [0, 0.1) is 17.5 Å². The number of carbonyl (C=O) groups is 1. The summed E-state index contributed by atoms with van der Waals surface area (Å²) in [6, 6.07) is 7.49. The number of sulfone groups is 1. The topological polar surface area (TPSA) is 84.9 Å². The van der Waals surface area contributed by atoms with Crippen molar-refractivity contribution in [3.8, 4) is 0 Å². The maximum atomic E-state index is 14.5. The Balaban J connectivity index is 1.53. The van der Waals surface area contributed by atoms with E-state index in [0.29, 0.717) is 50.6 Å². The van der Waals surface area contributed by atoms with Crippen LogP contribution in [0.2, 0.25) is 0 Å². The lowest BCUT2D eigenvalue weighted by Gasteiger charge is -2.41. The Labute approximate surface area is 281 Å². The second kappa shape index (κ2) is 14.1. The van der Waals surface area contributed by atoms with E-state index in [1.54, 1.807) is 0 Å². The molecule has 272 valence electrons. The molecule has 17 heteroatoms. The molecule has 1 heterocycles. The summed E-state index contributed by atoms with van der Waals surface area (Å²) in [5.74, 6) is -3.60. The van der Waals surface area contributed by atoms with Crippen LogP contribution < -0.4 is 5.32 Å². The molecule has 50 heavy (non-hydrogen) atoms. The molecule has 3 aromatic carbocycles. The number of hydrogen-bond acceptors (Lipinski definition) is 5. The highest BCUT2D eigenvalue weighted by molar-refractivity contribution is 7.92. The predicted molar refractivity (Wildman–Crippen MR) is 160 cm³/mol. The van der Waals surface area contributed by atoms with E-state index in [-0.39, 0.29) is 36.1 Å². The van der Waals surface area contributed by atoms with Crippen molar-refractivity contribution in [3.05, 3.63) is 101 Å². The lowest BCUT2D eigenvalue weighted by Crippen LogP contribution is -2.56. The van der Waals surface area contributed by atoms with Crippen LogP contribution in [-0.2, 0) is 36.3 Å². The summed E-state index contributed by atoms with van der Waals surface area (Å²) in [6.07, 6.45) is -12.7. The van der Waals surface area contributed by atoms with E-state index in [0.717, 1.165) is 42.5 Å². The largest absolute Gasteiger partial charge is 0.430 e. The summed E-state index contributed by atoms with van der Waals surface area (Å²) in [5, 5.41) is 2.84. The first-order valence-corrected chi connectivity index (χ1v) is 16.9. The Morgan fingerprint density at radius 3 is 1.90 bits per heavy atom. The minimum atomic E-state index is -6.21. The van der Waals surface area contributed by atoms with Gasteiger partial charge in [-0.2, -0.15) is 26.3 Å². The lowest BCUT2D eigenvalue weighted by atomic mass is 9.79. The maximum absolute atomic E-state index is 14.5. The number of rotatable bonds is 8. The third-order valence-electron chi connectivity index (χ3n) is 9.17. The predicted octanol–water partition coefficient (Wildman–Crippen LogP) is 7.29. The van der Waals surface area contributed by atoms with E-state index in [4.69, 9.17) is 4.74 Å². The number of nitrogens with one attached hydrogen (secondary N) is 1. The number of morpholine rings is 1. The normalized spacial score (nSPS) is 20.8. The SMILES string of the molecule is O=C(N[C@H]1CC[C@@](c2ccc(C(OCc3c(F)cccc3F)(C(F)(F)F)C(F)(F)F)cc2)(S(=O)(=O)c2ccc(F)cc2)CC1)N1CCOCC1. The molecule has 2 fully saturated rings. The molecule has 0 radical (unpaired) electrons. The van der Waals surface area contributed by atoms with Crippen molar-refractivity contribution in [3.63, 3.8) is 0 Å². The molecule has 5 rings (SSSR count). The highest BCUT2D eigenvalue weighted by Gasteiger charge is 2.73. The average Bonchev–Trinajstić information content (AvgIpc) is 3.06. The van der Waals surface area contributed by atoms with Gasteiger partial charge >= 0.3 is 18.4 Å². The number of benzene rings is 3. The summed E-state index contributed by atoms with van der Waals surface area (Å²) >= 11 is 0. The first kappa shape index (κ1) is 37.4. The van der Waals surface area contributed by atoms with Gasteiger partial charge < -0.3 is 19.7 Å². The van der Waals surface area contributed by atoms with Gasteiger partial charge in [0.15, 0.2) is 9.84 Å². The van der Waals surface area contributed by atoms with Gasteiger partial charge in [-0.1, -0.05) is 30.3 Å². The molecule has 1 aliphatic carbocycles. The van der Waals surface area contributed by atoms with Gasteiger partial charge in [0.1, 0.15) is 22.2 Å². The quantitative estimate of drug-likeness (QED) is 0.194. The molecule has 0 aromatic heterocycles. The number of urea groups is 1. The van der Waals surface area contributed by atoms with Crippen LogP contribution in [0.15, 0.2) is 71.6 Å². The fourth-order valence-electron chi connectivity index (χ4n) is 6.41. The summed E-state index contributed by atoms with van der Waals surface area (Å²) in [5.41, 5.74) is -7.91. The Bertz CT molecular complexity index is 1730. The fraction of sp³-hybridized carbons (Fsp3) is 0.424. The van der Waals surface area contributed by atoms with Gasteiger partial charge in [0.05, 0.1) is 24.7 Å². The minimum Gasteiger partial charge on any atom is -0.378 e. The zero-order valence-electron chi connectivity index (χ0n) is 26.1. The van der Waals surface area contributed by atoms with Crippen LogP contribution in [0.4, 0.5) is 44.3 Å². The number of halogens is 9. The Morgan fingerprint density at radius 2 is 1.38 bits per heavy atom. The van der Waals surface area contributed by atoms with Gasteiger partial charge in [0.2, 0.25) is 0 Å². The standard InChI is InChI=1S/C33H31F9N2O5S/c34-23-8-10-25(11-9-23)50(46,47)30(14-12-24(13-15-30)43-29(45)44-16-18-48-19-17-44)21-4-6-22(7-5-21)31(32(37,38)39,33(40,41)42)49-20-26-27(35)2-1-3-28(26)36/h1-11,24H,12-20H2,(H,43,45)/t24-,30+. The number of amides is 2. The molecule has 7 nitrogen and oxygen atoms in total. The summed E-state index contributed by atoms with van der Waals surface area (Å²) in [7, 11) is -4.49. The monoisotopic (exact) mass is 738 g/mol. The fourth-order valence-corrected chi connectivity index (χ4v) is 8.57. The molecule has 1 saturated carbocycles. The molecule has 1 saturated heterocycles. The summed E-state index contributed by atoms with van der Waals surface area (Å²) < 4.78 is 165. The van der Waals surface area contributed by atoms with E-state index in [1.807, 2.05) is 0 Å². The van der Waals surface area contributed by atoms with E-state index in [1.165, 1.54) is 4.90 Å². The van der Waals surface area contributed by atoms with Gasteiger partial charge in [-0.25, -0.2) is 26.4 Å². The number of hydrogen-bond donors (Lipinski definition) is 1. The van der Waals surface area contributed by atoms with E-state index in [2.05, 4.69) is 10.1 Å². The zero-order chi connectivity index (χ0) is 36.5. The van der Waals surface area contributed by atoms with Gasteiger partial charge in [0, 0.05) is 30.3 Å². The van der Waals surface area contributed by atoms with Crippen LogP contribution in [0.1, 0.15) is 42.4 Å². The Morgan fingerprint density at radius 1 is 0.840 bits per heavy atom. The first-order valence-electron chi connectivity index (χ1n) is 15.4. The molecule has 0 bridgehead atoms. The van der Waals surface area contributed by atoms with Crippen molar-refractivity contribution in [2.45, 2.75) is 65.9 Å². The van der Waals surface area contributed by atoms with Crippen LogP contribution in [0.3, 0.4) is 0 Å². The van der Waals surface area contributed by atoms with Gasteiger partial charge in [0.25, 0.3) is 5.60 Å². The third kappa shape index (κ3) is 6.91. The van der Waals surface area contributed by atoms with Crippen molar-refractivity contribution in [1.82, 2.24) is 10.2 Å². The highest BCUT2D eigenvalue weighted by Crippen LogP contribution is 2.54. The van der Waals surface area contributed by atoms with E-state index < -0.39 is 79.8 Å². The summed E-state index contributed by atoms with van der Waals surface area (Å²) in [6.45, 7) is -0.405. The van der Waals surface area contributed by atoms with Crippen LogP contribution in [-0.4, -0.2) is 64.0 Å². The molecule has 2 amide bonds. The highest BCUT2D eigenvalue weighted by atomic mass is 32.2. The van der Waals surface area contributed by atoms with Crippen LogP contribution in [0.25, 0.3) is 0 Å². The average molecular weight is 739 g/mol. The smallest absolute Gasteiger partial charge is 0.378 e. The minimum absolute atomic E-state index is 0.0601. The number of ether oxygens (including phenoxy) is 2. The van der Waals surface area contributed by atoms with Crippen LogP contribution >= 0.6 is 0 Å². The molecule has 0 spiro atoms. The molecule has 1 aliphatic heterocycles. The number of nitrogens with zero attached hydrogens (tertiary/aromatic N) is 1. The summed E-state index contributed by atoms with van der Waals surface area (Å²) in [4.78, 5) is 14.0. The molecular weight excluding hydrogens is 707 g/mol. The van der Waals surface area contributed by atoms with E-state index >= 15 is 0 Å². The molecule has 1 N–H and O–H groups in total. The van der Waals surface area contributed by atoms with Crippen LogP contribution in [0.5, 0.6) is 0 Å². The van der Waals surface area contributed by atoms with Crippen molar-refractivity contribution in [2.24, 2.45) is 0 Å². The molecule has 0 atom stereocenters. The van der Waals surface area contributed by atoms with Crippen molar-refractivity contribution in [1.29, 1.82) is 0 Å². The number of alkyl halides is 6. The third-order valence-corrected chi connectivity index (χ3v) is 11.7. The van der Waals surface area contributed by atoms with Crippen molar-refractivity contribution < 1.29 is 62.2 Å². The van der Waals surface area contributed by atoms with Gasteiger partial charge in [-0.3, -0.25) is 0 Å². The Hall–Kier alpha value is -3.83. The maximum Gasteiger partial charge on any atom is 0.430 e. The van der Waals surface area contributed by atoms with Crippen molar-refractivity contribution in [2.75, 3.05) is 26.3 Å². The second-order valence-electron chi connectivity index (χ2n) is 12.0. The van der Waals surface area contributed by atoms with Gasteiger partial charge in [-0.15, -0.1) is 0 Å².